The average Bonchev–Trinajstić information content (AvgIpc) is 3.24. The Morgan fingerprint density at radius 2 is 1.58 bits per heavy atom. The second kappa shape index (κ2) is 9.33. The predicted molar refractivity (Wildman–Crippen MR) is 119 cm³/mol. The van der Waals surface area contributed by atoms with E-state index in [9.17, 15) is 9.90 Å². The van der Waals surface area contributed by atoms with E-state index in [1.54, 1.807) is 12.0 Å². The van der Waals surface area contributed by atoms with Crippen LogP contribution in [0.25, 0.3) is 11.1 Å². The fourth-order valence-corrected chi connectivity index (χ4v) is 4.21. The van der Waals surface area contributed by atoms with E-state index in [-0.39, 0.29) is 19.3 Å². The first-order valence-corrected chi connectivity index (χ1v) is 10.4. The van der Waals surface area contributed by atoms with Gasteiger partial charge in [-0.1, -0.05) is 84.9 Å². The molecular formula is C26H27NO4. The Morgan fingerprint density at radius 3 is 2.19 bits per heavy atom. The molecule has 0 radical (unpaired) electrons. The number of benzene rings is 3. The SMILES string of the molecule is CO[C@@]1(c2ccc(-c3ccccc3)cc2)C[C@H](CO)N(C(=O)OCc2ccccc2)C1. The number of nitrogens with zero attached hydrogens (tertiary/aromatic N) is 1. The third-order valence-corrected chi connectivity index (χ3v) is 5.99. The number of likely N-dealkylation sites (tertiary alicyclic amines) is 1. The first-order chi connectivity index (χ1) is 15.1. The third kappa shape index (κ3) is 4.48. The molecule has 1 saturated heterocycles. The number of carbonyl (C=O) groups is 1. The highest BCUT2D eigenvalue weighted by molar-refractivity contribution is 5.69. The number of aliphatic hydroxyl groups is 1. The molecule has 160 valence electrons. The zero-order valence-corrected chi connectivity index (χ0v) is 17.6. The van der Waals surface area contributed by atoms with Crippen molar-refractivity contribution in [3.05, 3.63) is 96.1 Å². The van der Waals surface area contributed by atoms with Crippen molar-refractivity contribution in [3.8, 4) is 11.1 Å². The lowest BCUT2D eigenvalue weighted by Gasteiger charge is -2.28. The number of amides is 1. The average molecular weight is 418 g/mol. The lowest BCUT2D eigenvalue weighted by atomic mass is 9.89. The molecule has 5 nitrogen and oxygen atoms in total. The summed E-state index contributed by atoms with van der Waals surface area (Å²) in [5.74, 6) is 0. The lowest BCUT2D eigenvalue weighted by Crippen LogP contribution is -2.39. The van der Waals surface area contributed by atoms with E-state index in [1.807, 2.05) is 60.7 Å². The zero-order valence-electron chi connectivity index (χ0n) is 17.6. The van der Waals surface area contributed by atoms with E-state index in [2.05, 4.69) is 24.3 Å². The molecule has 0 bridgehead atoms. The molecule has 3 aromatic carbocycles. The van der Waals surface area contributed by atoms with Crippen LogP contribution in [-0.2, 0) is 21.7 Å². The second-order valence-electron chi connectivity index (χ2n) is 7.85. The van der Waals surface area contributed by atoms with Gasteiger partial charge in [-0.3, -0.25) is 4.90 Å². The highest BCUT2D eigenvalue weighted by Crippen LogP contribution is 2.39. The molecule has 0 saturated carbocycles. The van der Waals surface area contributed by atoms with Crippen LogP contribution in [0.2, 0.25) is 0 Å². The fraction of sp³-hybridized carbons (Fsp3) is 0.269. The second-order valence-corrected chi connectivity index (χ2v) is 7.85. The summed E-state index contributed by atoms with van der Waals surface area (Å²) in [6.07, 6.45) is 0.0632. The van der Waals surface area contributed by atoms with Gasteiger partial charge in [0.05, 0.1) is 19.2 Å². The van der Waals surface area contributed by atoms with Crippen molar-refractivity contribution in [1.29, 1.82) is 0 Å². The molecule has 1 heterocycles. The minimum absolute atomic E-state index is 0.145. The smallest absolute Gasteiger partial charge is 0.410 e. The molecule has 3 aromatic rings. The molecule has 1 fully saturated rings. The van der Waals surface area contributed by atoms with E-state index in [0.29, 0.717) is 13.0 Å². The number of hydrogen-bond donors (Lipinski definition) is 1. The van der Waals surface area contributed by atoms with Crippen LogP contribution in [0.15, 0.2) is 84.9 Å². The van der Waals surface area contributed by atoms with Gasteiger partial charge in [0.25, 0.3) is 0 Å². The summed E-state index contributed by atoms with van der Waals surface area (Å²) in [5.41, 5.74) is 3.48. The summed E-state index contributed by atoms with van der Waals surface area (Å²) in [5, 5.41) is 9.93. The van der Waals surface area contributed by atoms with Gasteiger partial charge in [0, 0.05) is 13.5 Å². The van der Waals surface area contributed by atoms with Crippen LogP contribution in [0, 0.1) is 0 Å². The van der Waals surface area contributed by atoms with Gasteiger partial charge in [-0.15, -0.1) is 0 Å². The van der Waals surface area contributed by atoms with E-state index >= 15 is 0 Å². The van der Waals surface area contributed by atoms with Gasteiger partial charge >= 0.3 is 6.09 Å². The first-order valence-electron chi connectivity index (χ1n) is 10.4. The summed E-state index contributed by atoms with van der Waals surface area (Å²) in [6, 6.07) is 27.6. The number of rotatable bonds is 6. The largest absolute Gasteiger partial charge is 0.445 e. The number of methoxy groups -OCH3 is 1. The summed E-state index contributed by atoms with van der Waals surface area (Å²) >= 11 is 0. The van der Waals surface area contributed by atoms with Crippen molar-refractivity contribution < 1.29 is 19.4 Å². The van der Waals surface area contributed by atoms with Crippen LogP contribution in [0.3, 0.4) is 0 Å². The van der Waals surface area contributed by atoms with Crippen LogP contribution in [0.1, 0.15) is 17.5 Å². The number of aliphatic hydroxyl groups excluding tert-OH is 1. The van der Waals surface area contributed by atoms with E-state index in [1.165, 1.54) is 0 Å². The highest BCUT2D eigenvalue weighted by Gasteiger charge is 2.47. The van der Waals surface area contributed by atoms with Crippen LogP contribution in [-0.4, -0.2) is 42.4 Å². The predicted octanol–water partition coefficient (Wildman–Crippen LogP) is 4.60. The summed E-state index contributed by atoms with van der Waals surface area (Å²) < 4.78 is 11.5. The molecule has 2 atom stereocenters. The van der Waals surface area contributed by atoms with Gasteiger partial charge < -0.3 is 14.6 Å². The quantitative estimate of drug-likeness (QED) is 0.637. The highest BCUT2D eigenvalue weighted by atomic mass is 16.6. The van der Waals surface area contributed by atoms with Gasteiger partial charge in [-0.05, 0) is 22.3 Å². The summed E-state index contributed by atoms with van der Waals surface area (Å²) in [6.45, 7) is 0.376. The van der Waals surface area contributed by atoms with Gasteiger partial charge in [-0.25, -0.2) is 4.79 Å². The van der Waals surface area contributed by atoms with Gasteiger partial charge in [0.2, 0.25) is 0 Å². The minimum Gasteiger partial charge on any atom is -0.445 e. The first kappa shape index (κ1) is 21.1. The number of ether oxygens (including phenoxy) is 2. The van der Waals surface area contributed by atoms with Gasteiger partial charge in [0.15, 0.2) is 0 Å². The van der Waals surface area contributed by atoms with Crippen LogP contribution in [0.4, 0.5) is 4.79 Å². The van der Waals surface area contributed by atoms with Crippen molar-refractivity contribution in [2.75, 3.05) is 20.3 Å². The van der Waals surface area contributed by atoms with Crippen LogP contribution >= 0.6 is 0 Å². The Bertz CT molecular complexity index is 991. The number of hydrogen-bond acceptors (Lipinski definition) is 4. The summed E-state index contributed by atoms with van der Waals surface area (Å²) in [4.78, 5) is 14.4. The Hall–Kier alpha value is -3.15. The molecule has 1 amide bonds. The molecule has 5 heteroatoms. The molecule has 0 aliphatic carbocycles. The van der Waals surface area contributed by atoms with Crippen molar-refractivity contribution in [1.82, 2.24) is 4.90 Å². The monoisotopic (exact) mass is 417 g/mol. The number of carbonyl (C=O) groups excluding carboxylic acids is 1. The molecular weight excluding hydrogens is 390 g/mol. The normalized spacial score (nSPS) is 20.6. The molecule has 1 N–H and O–H groups in total. The summed E-state index contributed by atoms with van der Waals surface area (Å²) in [7, 11) is 1.65. The maximum atomic E-state index is 12.8. The minimum atomic E-state index is -0.686. The van der Waals surface area contributed by atoms with E-state index < -0.39 is 11.7 Å². The third-order valence-electron chi connectivity index (χ3n) is 5.99. The van der Waals surface area contributed by atoms with Crippen molar-refractivity contribution in [2.45, 2.75) is 24.7 Å². The Labute approximate surface area is 182 Å². The molecule has 0 unspecified atom stereocenters. The maximum absolute atomic E-state index is 12.8. The van der Waals surface area contributed by atoms with Crippen LogP contribution < -0.4 is 0 Å². The zero-order chi connectivity index (χ0) is 21.7. The van der Waals surface area contributed by atoms with Crippen LogP contribution in [0.5, 0.6) is 0 Å². The van der Waals surface area contributed by atoms with E-state index in [4.69, 9.17) is 9.47 Å². The standard InChI is InChI=1S/C26H27NO4/c1-30-26(23-14-12-22(13-15-23)21-10-6-3-7-11-21)16-24(17-28)27(19-26)25(29)31-18-20-8-4-2-5-9-20/h2-15,24,28H,16-19H2,1H3/t24-,26+/m1/s1. The maximum Gasteiger partial charge on any atom is 0.410 e. The molecule has 1 aliphatic heterocycles. The molecule has 0 spiro atoms. The molecule has 31 heavy (non-hydrogen) atoms. The van der Waals surface area contributed by atoms with Gasteiger partial charge in [0.1, 0.15) is 12.2 Å². The Morgan fingerprint density at radius 1 is 0.968 bits per heavy atom. The Kier molecular flexibility index (Phi) is 6.35. The topological polar surface area (TPSA) is 59.0 Å². The lowest BCUT2D eigenvalue weighted by molar-refractivity contribution is -0.00684. The van der Waals surface area contributed by atoms with Crippen molar-refractivity contribution in [2.24, 2.45) is 0 Å². The molecule has 4 rings (SSSR count). The molecule has 0 aromatic heterocycles. The fourth-order valence-electron chi connectivity index (χ4n) is 4.21. The van der Waals surface area contributed by atoms with Gasteiger partial charge in [-0.2, -0.15) is 0 Å². The molecule has 1 aliphatic rings. The van der Waals surface area contributed by atoms with Crippen molar-refractivity contribution >= 4 is 6.09 Å². The van der Waals surface area contributed by atoms with E-state index in [0.717, 1.165) is 22.3 Å². The van der Waals surface area contributed by atoms with Crippen molar-refractivity contribution in [3.63, 3.8) is 0 Å². The Balaban J connectivity index is 1.51.